The highest BCUT2D eigenvalue weighted by Gasteiger charge is 2.15. The standard InChI is InChI=1S/C14H15BrN6O/c1-6-4-17-9(8(3)7(6)2)5-21-12-10(18-14(21)22)11(15)19-13(16)20-12/h4H,5H2,1-3H3,(H,18,22)(H2,16,19,20). The second-order valence-corrected chi connectivity index (χ2v) is 5.98. The minimum absolute atomic E-state index is 0.108. The zero-order valence-corrected chi connectivity index (χ0v) is 14.0. The van der Waals surface area contributed by atoms with Crippen LogP contribution in [0.15, 0.2) is 15.6 Å². The molecule has 114 valence electrons. The number of imidazole rings is 1. The predicted octanol–water partition coefficient (Wildman–Crippen LogP) is 1.83. The van der Waals surface area contributed by atoms with Crippen LogP contribution in [0.5, 0.6) is 0 Å². The second kappa shape index (κ2) is 5.20. The van der Waals surface area contributed by atoms with E-state index in [1.807, 2.05) is 27.0 Å². The fourth-order valence-corrected chi connectivity index (χ4v) is 2.81. The van der Waals surface area contributed by atoms with Crippen molar-refractivity contribution in [2.24, 2.45) is 0 Å². The Bertz CT molecular complexity index is 943. The summed E-state index contributed by atoms with van der Waals surface area (Å²) < 4.78 is 1.98. The van der Waals surface area contributed by atoms with Gasteiger partial charge in [-0.05, 0) is 53.4 Å². The highest BCUT2D eigenvalue weighted by Crippen LogP contribution is 2.20. The number of aryl methyl sites for hydroxylation is 1. The number of hydrogen-bond donors (Lipinski definition) is 2. The number of fused-ring (bicyclic) bond motifs is 1. The lowest BCUT2D eigenvalue weighted by Crippen LogP contribution is -2.19. The molecule has 3 N–H and O–H groups in total. The van der Waals surface area contributed by atoms with Crippen molar-refractivity contribution in [3.8, 4) is 0 Å². The van der Waals surface area contributed by atoms with Crippen molar-refractivity contribution < 1.29 is 0 Å². The van der Waals surface area contributed by atoms with Crippen molar-refractivity contribution in [1.29, 1.82) is 0 Å². The molecule has 0 aromatic carbocycles. The molecule has 3 rings (SSSR count). The third kappa shape index (κ3) is 2.29. The minimum Gasteiger partial charge on any atom is -0.368 e. The van der Waals surface area contributed by atoms with E-state index in [9.17, 15) is 4.79 Å². The summed E-state index contributed by atoms with van der Waals surface area (Å²) in [7, 11) is 0. The number of nitrogen functional groups attached to an aromatic ring is 1. The zero-order chi connectivity index (χ0) is 16.0. The van der Waals surface area contributed by atoms with Crippen LogP contribution in [-0.4, -0.2) is 24.5 Å². The van der Waals surface area contributed by atoms with E-state index in [2.05, 4.69) is 35.9 Å². The molecule has 0 unspecified atom stereocenters. The first-order valence-electron chi connectivity index (χ1n) is 6.71. The third-order valence-electron chi connectivity index (χ3n) is 3.90. The largest absolute Gasteiger partial charge is 0.368 e. The molecule has 7 nitrogen and oxygen atoms in total. The molecule has 0 aliphatic heterocycles. The number of pyridine rings is 1. The summed E-state index contributed by atoms with van der Waals surface area (Å²) in [6.07, 6.45) is 1.82. The number of nitrogens with one attached hydrogen (secondary N) is 1. The van der Waals surface area contributed by atoms with E-state index in [0.717, 1.165) is 16.8 Å². The Labute approximate surface area is 134 Å². The molecule has 0 aliphatic rings. The van der Waals surface area contributed by atoms with Gasteiger partial charge < -0.3 is 10.7 Å². The van der Waals surface area contributed by atoms with Crippen LogP contribution in [0.25, 0.3) is 11.2 Å². The molecule has 3 aromatic heterocycles. The lowest BCUT2D eigenvalue weighted by molar-refractivity contribution is 0.748. The Balaban J connectivity index is 2.18. The van der Waals surface area contributed by atoms with Crippen LogP contribution in [0, 0.1) is 20.8 Å². The molecule has 0 radical (unpaired) electrons. The summed E-state index contributed by atoms with van der Waals surface area (Å²) in [6, 6.07) is 0. The van der Waals surface area contributed by atoms with E-state index in [0.29, 0.717) is 22.3 Å². The van der Waals surface area contributed by atoms with Crippen molar-refractivity contribution in [3.63, 3.8) is 0 Å². The predicted molar refractivity (Wildman–Crippen MR) is 87.8 cm³/mol. The molecule has 22 heavy (non-hydrogen) atoms. The molecule has 0 amide bonds. The molecule has 3 heterocycles. The molecular weight excluding hydrogens is 348 g/mol. The maximum Gasteiger partial charge on any atom is 0.328 e. The van der Waals surface area contributed by atoms with E-state index in [1.54, 1.807) is 0 Å². The van der Waals surface area contributed by atoms with Gasteiger partial charge in [-0.3, -0.25) is 9.55 Å². The Hall–Kier alpha value is -2.22. The fraction of sp³-hybridized carbons (Fsp3) is 0.286. The van der Waals surface area contributed by atoms with Gasteiger partial charge in [0.15, 0.2) is 5.65 Å². The second-order valence-electron chi connectivity index (χ2n) is 5.23. The fourth-order valence-electron chi connectivity index (χ4n) is 2.35. The Morgan fingerprint density at radius 1 is 1.27 bits per heavy atom. The van der Waals surface area contributed by atoms with Crippen molar-refractivity contribution in [1.82, 2.24) is 24.5 Å². The Morgan fingerprint density at radius 3 is 2.73 bits per heavy atom. The van der Waals surface area contributed by atoms with Gasteiger partial charge in [-0.2, -0.15) is 4.98 Å². The van der Waals surface area contributed by atoms with Gasteiger partial charge >= 0.3 is 5.69 Å². The van der Waals surface area contributed by atoms with E-state index >= 15 is 0 Å². The highest BCUT2D eigenvalue weighted by atomic mass is 79.9. The first-order chi connectivity index (χ1) is 10.4. The first kappa shape index (κ1) is 14.7. The number of nitrogens with two attached hydrogens (primary N) is 1. The normalized spacial score (nSPS) is 11.3. The van der Waals surface area contributed by atoms with E-state index in [4.69, 9.17) is 5.73 Å². The number of aromatic nitrogens is 5. The number of anilines is 1. The van der Waals surface area contributed by atoms with Gasteiger partial charge in [0.05, 0.1) is 12.2 Å². The van der Waals surface area contributed by atoms with Crippen LogP contribution in [0.2, 0.25) is 0 Å². The van der Waals surface area contributed by atoms with Crippen molar-refractivity contribution in [2.75, 3.05) is 5.73 Å². The van der Waals surface area contributed by atoms with Gasteiger partial charge in [0.2, 0.25) is 5.95 Å². The molecule has 0 spiro atoms. The van der Waals surface area contributed by atoms with E-state index < -0.39 is 0 Å². The van der Waals surface area contributed by atoms with Gasteiger partial charge in [-0.15, -0.1) is 0 Å². The smallest absolute Gasteiger partial charge is 0.328 e. The van der Waals surface area contributed by atoms with Crippen LogP contribution in [0.4, 0.5) is 5.95 Å². The Morgan fingerprint density at radius 2 is 2.00 bits per heavy atom. The SMILES string of the molecule is Cc1cnc(Cn2c(=O)[nH]c3c(Br)nc(N)nc32)c(C)c1C. The van der Waals surface area contributed by atoms with Gasteiger partial charge in [-0.25, -0.2) is 9.78 Å². The highest BCUT2D eigenvalue weighted by molar-refractivity contribution is 9.10. The van der Waals surface area contributed by atoms with Crippen molar-refractivity contribution >= 4 is 33.0 Å². The first-order valence-corrected chi connectivity index (χ1v) is 7.51. The quantitative estimate of drug-likeness (QED) is 0.677. The lowest BCUT2D eigenvalue weighted by Gasteiger charge is -2.10. The maximum atomic E-state index is 12.2. The number of hydrogen-bond acceptors (Lipinski definition) is 5. The molecule has 0 bridgehead atoms. The molecule has 3 aromatic rings. The summed E-state index contributed by atoms with van der Waals surface area (Å²) in [5.41, 5.74) is 10.6. The Kier molecular flexibility index (Phi) is 3.48. The van der Waals surface area contributed by atoms with Crippen molar-refractivity contribution in [3.05, 3.63) is 43.7 Å². The van der Waals surface area contributed by atoms with Crippen molar-refractivity contribution in [2.45, 2.75) is 27.3 Å². The molecule has 8 heteroatoms. The topological polar surface area (TPSA) is 102 Å². The molecular formula is C14H15BrN6O. The summed E-state index contributed by atoms with van der Waals surface area (Å²) in [5.74, 6) is 0.108. The molecule has 0 aliphatic carbocycles. The summed E-state index contributed by atoms with van der Waals surface area (Å²) in [6.45, 7) is 6.39. The van der Waals surface area contributed by atoms with E-state index in [1.165, 1.54) is 10.1 Å². The monoisotopic (exact) mass is 362 g/mol. The average molecular weight is 363 g/mol. The van der Waals surface area contributed by atoms with Gasteiger partial charge in [0.1, 0.15) is 10.1 Å². The number of aromatic amines is 1. The molecule has 0 saturated carbocycles. The van der Waals surface area contributed by atoms with E-state index in [-0.39, 0.29) is 11.6 Å². The molecule has 0 atom stereocenters. The van der Waals surface area contributed by atoms with Crippen LogP contribution < -0.4 is 11.4 Å². The average Bonchev–Trinajstić information content (AvgIpc) is 2.76. The van der Waals surface area contributed by atoms with Crippen LogP contribution in [-0.2, 0) is 6.54 Å². The van der Waals surface area contributed by atoms with Crippen LogP contribution in [0.3, 0.4) is 0 Å². The van der Waals surface area contributed by atoms with Gasteiger partial charge in [0.25, 0.3) is 0 Å². The number of halogens is 1. The van der Waals surface area contributed by atoms with Gasteiger partial charge in [0, 0.05) is 6.20 Å². The number of nitrogens with zero attached hydrogens (tertiary/aromatic N) is 4. The lowest BCUT2D eigenvalue weighted by atomic mass is 10.0. The third-order valence-corrected chi connectivity index (χ3v) is 4.48. The van der Waals surface area contributed by atoms with Crippen LogP contribution >= 0.6 is 15.9 Å². The molecule has 0 fully saturated rings. The number of H-pyrrole nitrogens is 1. The van der Waals surface area contributed by atoms with Gasteiger partial charge in [-0.1, -0.05) is 0 Å². The van der Waals surface area contributed by atoms with Crippen LogP contribution in [0.1, 0.15) is 22.4 Å². The molecule has 0 saturated heterocycles. The summed E-state index contributed by atoms with van der Waals surface area (Å²) >= 11 is 3.29. The maximum absolute atomic E-state index is 12.2. The number of rotatable bonds is 2. The summed E-state index contributed by atoms with van der Waals surface area (Å²) in [5, 5.41) is 0. The zero-order valence-electron chi connectivity index (χ0n) is 12.4. The summed E-state index contributed by atoms with van der Waals surface area (Å²) in [4.78, 5) is 27.6. The minimum atomic E-state index is -0.268.